The highest BCUT2D eigenvalue weighted by Gasteiger charge is 1.96. The highest BCUT2D eigenvalue weighted by atomic mass is 16.5. The summed E-state index contributed by atoms with van der Waals surface area (Å²) in [4.78, 5) is 8.48. The van der Waals surface area contributed by atoms with Gasteiger partial charge in [0.15, 0.2) is 5.96 Å². The molecule has 0 amide bonds. The molecular formula is C18H24N4O2. The van der Waals surface area contributed by atoms with Crippen molar-refractivity contribution in [2.45, 2.75) is 13.0 Å². The second-order valence-electron chi connectivity index (χ2n) is 5.17. The van der Waals surface area contributed by atoms with E-state index in [9.17, 15) is 0 Å². The van der Waals surface area contributed by atoms with Crippen molar-refractivity contribution < 1.29 is 9.47 Å². The Kier molecular flexibility index (Phi) is 7.56. The van der Waals surface area contributed by atoms with Gasteiger partial charge in [0.2, 0.25) is 0 Å². The molecule has 2 aromatic rings. The number of rotatable bonds is 9. The molecule has 24 heavy (non-hydrogen) atoms. The molecule has 0 spiro atoms. The van der Waals surface area contributed by atoms with Gasteiger partial charge in [0.05, 0.1) is 26.9 Å². The van der Waals surface area contributed by atoms with Crippen molar-refractivity contribution in [3.05, 3.63) is 59.9 Å². The number of hydrogen-bond acceptors (Lipinski definition) is 4. The number of aliphatic imine (C=N–C) groups is 1. The van der Waals surface area contributed by atoms with E-state index in [0.717, 1.165) is 23.4 Å². The minimum absolute atomic E-state index is 0.430. The molecule has 1 aromatic heterocycles. The molecule has 2 rings (SSSR count). The number of nitrogens with one attached hydrogen (secondary N) is 1. The zero-order chi connectivity index (χ0) is 17.0. The Balaban J connectivity index is 1.57. The van der Waals surface area contributed by atoms with Crippen LogP contribution in [0.2, 0.25) is 0 Å². The lowest BCUT2D eigenvalue weighted by molar-refractivity contribution is 0.128. The highest BCUT2D eigenvalue weighted by molar-refractivity contribution is 5.77. The number of pyridine rings is 1. The van der Waals surface area contributed by atoms with Crippen molar-refractivity contribution in [2.24, 2.45) is 10.7 Å². The average Bonchev–Trinajstić information content (AvgIpc) is 2.63. The van der Waals surface area contributed by atoms with Crippen LogP contribution in [0.3, 0.4) is 0 Å². The van der Waals surface area contributed by atoms with E-state index in [1.807, 2.05) is 42.5 Å². The first-order valence-electron chi connectivity index (χ1n) is 7.92. The fraction of sp³-hybridized carbons (Fsp3) is 0.333. The van der Waals surface area contributed by atoms with E-state index in [2.05, 4.69) is 15.3 Å². The van der Waals surface area contributed by atoms with E-state index in [-0.39, 0.29) is 0 Å². The van der Waals surface area contributed by atoms with Gasteiger partial charge in [-0.05, 0) is 29.8 Å². The number of methoxy groups -OCH3 is 1. The third kappa shape index (κ3) is 6.66. The second kappa shape index (κ2) is 10.2. The molecule has 0 saturated heterocycles. The topological polar surface area (TPSA) is 81.8 Å². The normalized spacial score (nSPS) is 11.3. The molecule has 1 aromatic carbocycles. The van der Waals surface area contributed by atoms with Crippen LogP contribution < -0.4 is 15.8 Å². The Morgan fingerprint density at radius 3 is 2.75 bits per heavy atom. The summed E-state index contributed by atoms with van der Waals surface area (Å²) in [7, 11) is 1.65. The second-order valence-corrected chi connectivity index (χ2v) is 5.17. The molecule has 0 unspecified atom stereocenters. The van der Waals surface area contributed by atoms with Crippen molar-refractivity contribution in [3.8, 4) is 5.75 Å². The van der Waals surface area contributed by atoms with Crippen molar-refractivity contribution in [1.29, 1.82) is 0 Å². The van der Waals surface area contributed by atoms with Crippen LogP contribution in [0.15, 0.2) is 53.7 Å². The lowest BCUT2D eigenvalue weighted by Crippen LogP contribution is -2.33. The first-order chi connectivity index (χ1) is 11.8. The summed E-state index contributed by atoms with van der Waals surface area (Å²) in [5.41, 5.74) is 7.94. The van der Waals surface area contributed by atoms with Crippen LogP contribution in [0.25, 0.3) is 0 Å². The van der Waals surface area contributed by atoms with E-state index in [4.69, 9.17) is 15.2 Å². The molecule has 0 radical (unpaired) electrons. The average molecular weight is 328 g/mol. The summed E-state index contributed by atoms with van der Waals surface area (Å²) >= 11 is 0. The molecule has 0 aliphatic rings. The van der Waals surface area contributed by atoms with E-state index in [1.54, 1.807) is 13.3 Å². The van der Waals surface area contributed by atoms with Crippen LogP contribution in [0.4, 0.5) is 0 Å². The maximum atomic E-state index is 5.81. The summed E-state index contributed by atoms with van der Waals surface area (Å²) in [5, 5.41) is 3.07. The minimum atomic E-state index is 0.430. The van der Waals surface area contributed by atoms with E-state index >= 15 is 0 Å². The largest absolute Gasteiger partial charge is 0.497 e. The van der Waals surface area contributed by atoms with Gasteiger partial charge in [-0.25, -0.2) is 0 Å². The quantitative estimate of drug-likeness (QED) is 0.416. The molecule has 6 heteroatoms. The van der Waals surface area contributed by atoms with Crippen molar-refractivity contribution in [2.75, 3.05) is 26.8 Å². The number of nitrogens with two attached hydrogens (primary N) is 1. The maximum Gasteiger partial charge on any atom is 0.188 e. The molecule has 1 heterocycles. The zero-order valence-electron chi connectivity index (χ0n) is 13.9. The molecule has 0 aliphatic carbocycles. The SMILES string of the molecule is COc1ccc(COCCN=C(N)NCCc2ccccn2)cc1. The van der Waals surface area contributed by atoms with Crippen LogP contribution in [-0.2, 0) is 17.8 Å². The van der Waals surface area contributed by atoms with Crippen molar-refractivity contribution in [1.82, 2.24) is 10.3 Å². The lowest BCUT2D eigenvalue weighted by atomic mass is 10.2. The molecule has 3 N–H and O–H groups in total. The van der Waals surface area contributed by atoms with Gasteiger partial charge in [-0.1, -0.05) is 18.2 Å². The van der Waals surface area contributed by atoms with Crippen LogP contribution in [0.5, 0.6) is 5.75 Å². The summed E-state index contributed by atoms with van der Waals surface area (Å²) < 4.78 is 10.7. The lowest BCUT2D eigenvalue weighted by Gasteiger charge is -2.06. The first kappa shape index (κ1) is 17.7. The number of aromatic nitrogens is 1. The summed E-state index contributed by atoms with van der Waals surface area (Å²) in [6.45, 7) is 2.30. The number of benzene rings is 1. The predicted molar refractivity (Wildman–Crippen MR) is 95.1 cm³/mol. The Morgan fingerprint density at radius 1 is 1.21 bits per heavy atom. The molecule has 0 fully saturated rings. The summed E-state index contributed by atoms with van der Waals surface area (Å²) in [5.74, 6) is 1.27. The standard InChI is InChI=1S/C18H24N4O2/c1-23-17-7-5-15(6-8-17)14-24-13-12-22-18(19)21-11-9-16-4-2-3-10-20-16/h2-8,10H,9,11-14H2,1H3,(H3,19,21,22). The summed E-state index contributed by atoms with van der Waals surface area (Å²) in [6, 6.07) is 13.7. The van der Waals surface area contributed by atoms with Gasteiger partial charge < -0.3 is 20.5 Å². The van der Waals surface area contributed by atoms with Gasteiger partial charge in [0.1, 0.15) is 5.75 Å². The molecule has 128 valence electrons. The number of hydrogen-bond donors (Lipinski definition) is 2. The molecule has 0 saturated carbocycles. The fourth-order valence-electron chi connectivity index (χ4n) is 2.06. The van der Waals surface area contributed by atoms with Crippen LogP contribution in [0.1, 0.15) is 11.3 Å². The third-order valence-electron chi connectivity index (χ3n) is 3.36. The van der Waals surface area contributed by atoms with Gasteiger partial charge in [0, 0.05) is 24.9 Å². The maximum absolute atomic E-state index is 5.81. The van der Waals surface area contributed by atoms with Gasteiger partial charge in [-0.2, -0.15) is 0 Å². The van der Waals surface area contributed by atoms with Crippen molar-refractivity contribution >= 4 is 5.96 Å². The van der Waals surface area contributed by atoms with E-state index in [0.29, 0.717) is 32.3 Å². The third-order valence-corrected chi connectivity index (χ3v) is 3.36. The van der Waals surface area contributed by atoms with Gasteiger partial charge in [0.25, 0.3) is 0 Å². The molecule has 0 bridgehead atoms. The van der Waals surface area contributed by atoms with Gasteiger partial charge in [-0.3, -0.25) is 9.98 Å². The molecule has 6 nitrogen and oxygen atoms in total. The summed E-state index contributed by atoms with van der Waals surface area (Å²) in [6.07, 6.45) is 2.60. The number of guanidine groups is 1. The molecule has 0 aliphatic heterocycles. The molecule has 0 atom stereocenters. The van der Waals surface area contributed by atoms with Crippen LogP contribution in [-0.4, -0.2) is 37.7 Å². The van der Waals surface area contributed by atoms with Gasteiger partial charge >= 0.3 is 0 Å². The Bertz CT molecular complexity index is 615. The number of ether oxygens (including phenoxy) is 2. The van der Waals surface area contributed by atoms with Crippen LogP contribution >= 0.6 is 0 Å². The minimum Gasteiger partial charge on any atom is -0.497 e. The van der Waals surface area contributed by atoms with Crippen molar-refractivity contribution in [3.63, 3.8) is 0 Å². The zero-order valence-corrected chi connectivity index (χ0v) is 13.9. The Labute approximate surface area is 142 Å². The van der Waals surface area contributed by atoms with E-state index < -0.39 is 0 Å². The Morgan fingerprint density at radius 2 is 2.04 bits per heavy atom. The first-order valence-corrected chi connectivity index (χ1v) is 7.92. The smallest absolute Gasteiger partial charge is 0.188 e. The monoisotopic (exact) mass is 328 g/mol. The Hall–Kier alpha value is -2.60. The number of nitrogens with zero attached hydrogens (tertiary/aromatic N) is 2. The highest BCUT2D eigenvalue weighted by Crippen LogP contribution is 2.11. The van der Waals surface area contributed by atoms with E-state index in [1.165, 1.54) is 0 Å². The molecular weight excluding hydrogens is 304 g/mol. The van der Waals surface area contributed by atoms with Crippen LogP contribution in [0, 0.1) is 0 Å². The predicted octanol–water partition coefficient (Wildman–Crippen LogP) is 1.75. The van der Waals surface area contributed by atoms with Gasteiger partial charge in [-0.15, -0.1) is 0 Å². The fourth-order valence-corrected chi connectivity index (χ4v) is 2.06.